The van der Waals surface area contributed by atoms with Crippen molar-refractivity contribution in [2.75, 3.05) is 18.5 Å². The van der Waals surface area contributed by atoms with E-state index in [1.807, 2.05) is 0 Å². The lowest BCUT2D eigenvalue weighted by atomic mass is 10.2. The van der Waals surface area contributed by atoms with Crippen LogP contribution in [0.25, 0.3) is 0 Å². The lowest BCUT2D eigenvalue weighted by molar-refractivity contribution is 0.570. The topological polar surface area (TPSA) is 3.24 Å². The summed E-state index contributed by atoms with van der Waals surface area (Å²) in [6.45, 7) is 2.89. The molecule has 1 aromatic carbocycles. The molecule has 94 valence electrons. The lowest BCUT2D eigenvalue weighted by Crippen LogP contribution is -2.23. The van der Waals surface area contributed by atoms with Crippen LogP contribution in [0.5, 0.6) is 0 Å². The van der Waals surface area contributed by atoms with E-state index in [1.165, 1.54) is 12.1 Å². The third kappa shape index (κ3) is 2.79. The Morgan fingerprint density at radius 1 is 1.35 bits per heavy atom. The Bertz CT molecular complexity index is 399. The highest BCUT2D eigenvalue weighted by Crippen LogP contribution is 2.39. The van der Waals surface area contributed by atoms with Gasteiger partial charge in [-0.05, 0) is 36.0 Å². The van der Waals surface area contributed by atoms with Crippen molar-refractivity contribution in [3.63, 3.8) is 0 Å². The fourth-order valence-corrected chi connectivity index (χ4v) is 2.48. The van der Waals surface area contributed by atoms with E-state index in [-0.39, 0.29) is 5.69 Å². The second-order valence-electron chi connectivity index (χ2n) is 4.90. The first kappa shape index (κ1) is 12.8. The molecule has 4 heteroatoms. The normalized spacial score (nSPS) is 22.6. The summed E-state index contributed by atoms with van der Waals surface area (Å²) in [7, 11) is 1.75. The van der Waals surface area contributed by atoms with Gasteiger partial charge < -0.3 is 4.90 Å². The van der Waals surface area contributed by atoms with Crippen LogP contribution in [0.4, 0.5) is 14.5 Å². The molecule has 1 aliphatic carbocycles. The molecule has 0 bridgehead atoms. The van der Waals surface area contributed by atoms with Crippen LogP contribution in [0.3, 0.4) is 0 Å². The Morgan fingerprint density at radius 2 is 1.88 bits per heavy atom. The van der Waals surface area contributed by atoms with Gasteiger partial charge in [-0.15, -0.1) is 0 Å². The number of halogens is 3. The van der Waals surface area contributed by atoms with Gasteiger partial charge in [-0.25, -0.2) is 8.78 Å². The molecule has 0 spiro atoms. The molecule has 1 aliphatic rings. The van der Waals surface area contributed by atoms with Crippen LogP contribution in [0, 0.1) is 23.5 Å². The van der Waals surface area contributed by atoms with Gasteiger partial charge in [0.05, 0.1) is 0 Å². The highest BCUT2D eigenvalue weighted by Gasteiger charge is 2.34. The zero-order chi connectivity index (χ0) is 12.6. The van der Waals surface area contributed by atoms with E-state index in [0.29, 0.717) is 22.7 Å². The van der Waals surface area contributed by atoms with Crippen molar-refractivity contribution >= 4 is 21.6 Å². The summed E-state index contributed by atoms with van der Waals surface area (Å²) in [4.78, 5) is 1.69. The predicted octanol–water partition coefficient (Wildman–Crippen LogP) is 3.95. The van der Waals surface area contributed by atoms with Gasteiger partial charge in [0.2, 0.25) is 0 Å². The second-order valence-corrected chi connectivity index (χ2v) is 5.46. The molecular formula is C13H16BrF2N. The quantitative estimate of drug-likeness (QED) is 0.761. The molecule has 1 fully saturated rings. The molecular weight excluding hydrogens is 288 g/mol. The number of anilines is 1. The van der Waals surface area contributed by atoms with Crippen molar-refractivity contribution in [3.8, 4) is 0 Å². The standard InChI is InChI=1S/C13H16BrF2N/c1-8-3-10(8)7-17(2)13-11(15)4-9(6-14)5-12(13)16/h4-5,8,10H,3,6-7H2,1-2H3. The summed E-state index contributed by atoms with van der Waals surface area (Å²) in [6, 6.07) is 2.78. The zero-order valence-electron chi connectivity index (χ0n) is 10.0. The van der Waals surface area contributed by atoms with Gasteiger partial charge in [-0.2, -0.15) is 0 Å². The summed E-state index contributed by atoms with van der Waals surface area (Å²) in [5.41, 5.74) is 0.714. The van der Waals surface area contributed by atoms with E-state index in [0.717, 1.165) is 13.0 Å². The summed E-state index contributed by atoms with van der Waals surface area (Å²) in [5.74, 6) is 0.311. The molecule has 17 heavy (non-hydrogen) atoms. The van der Waals surface area contributed by atoms with Crippen LogP contribution in [0.15, 0.2) is 12.1 Å². The minimum Gasteiger partial charge on any atom is -0.370 e. The Morgan fingerprint density at radius 3 is 2.29 bits per heavy atom. The average molecular weight is 304 g/mol. The molecule has 2 atom stereocenters. The molecule has 1 aromatic rings. The first-order valence-corrected chi connectivity index (χ1v) is 6.90. The summed E-state index contributed by atoms with van der Waals surface area (Å²) in [5, 5.41) is 0.463. The van der Waals surface area contributed by atoms with E-state index in [1.54, 1.807) is 11.9 Å². The fraction of sp³-hybridized carbons (Fsp3) is 0.538. The Labute approximate surface area is 109 Å². The average Bonchev–Trinajstić information content (AvgIpc) is 2.92. The maximum atomic E-state index is 13.8. The largest absolute Gasteiger partial charge is 0.370 e. The van der Waals surface area contributed by atoms with Crippen LogP contribution < -0.4 is 4.90 Å². The van der Waals surface area contributed by atoms with Gasteiger partial charge in [0.1, 0.15) is 17.3 Å². The molecule has 2 unspecified atom stereocenters. The van der Waals surface area contributed by atoms with Gasteiger partial charge >= 0.3 is 0 Å². The van der Waals surface area contributed by atoms with E-state index in [2.05, 4.69) is 22.9 Å². The van der Waals surface area contributed by atoms with Gasteiger partial charge in [0.25, 0.3) is 0 Å². The van der Waals surface area contributed by atoms with Crippen molar-refractivity contribution in [2.24, 2.45) is 11.8 Å². The van der Waals surface area contributed by atoms with Crippen molar-refractivity contribution < 1.29 is 8.78 Å². The molecule has 0 N–H and O–H groups in total. The van der Waals surface area contributed by atoms with Crippen molar-refractivity contribution in [2.45, 2.75) is 18.7 Å². The Balaban J connectivity index is 2.19. The maximum absolute atomic E-state index is 13.8. The molecule has 2 rings (SSSR count). The maximum Gasteiger partial charge on any atom is 0.149 e. The van der Waals surface area contributed by atoms with Gasteiger partial charge in [-0.1, -0.05) is 22.9 Å². The van der Waals surface area contributed by atoms with Crippen molar-refractivity contribution in [1.82, 2.24) is 0 Å². The number of hydrogen-bond acceptors (Lipinski definition) is 1. The molecule has 1 saturated carbocycles. The third-order valence-electron chi connectivity index (χ3n) is 3.40. The first-order chi connectivity index (χ1) is 8.02. The molecule has 1 nitrogen and oxygen atoms in total. The number of benzene rings is 1. The van der Waals surface area contributed by atoms with Gasteiger partial charge in [0.15, 0.2) is 0 Å². The number of hydrogen-bond donors (Lipinski definition) is 0. The van der Waals surface area contributed by atoms with Crippen molar-refractivity contribution in [3.05, 3.63) is 29.3 Å². The second kappa shape index (κ2) is 4.92. The van der Waals surface area contributed by atoms with Crippen molar-refractivity contribution in [1.29, 1.82) is 0 Å². The lowest BCUT2D eigenvalue weighted by Gasteiger charge is -2.21. The third-order valence-corrected chi connectivity index (χ3v) is 4.04. The zero-order valence-corrected chi connectivity index (χ0v) is 11.6. The van der Waals surface area contributed by atoms with Gasteiger partial charge in [0, 0.05) is 18.9 Å². The molecule has 0 aromatic heterocycles. The van der Waals surface area contributed by atoms with Crippen LogP contribution in [-0.4, -0.2) is 13.6 Å². The highest BCUT2D eigenvalue weighted by molar-refractivity contribution is 9.08. The van der Waals surface area contributed by atoms with E-state index >= 15 is 0 Å². The number of alkyl halides is 1. The monoisotopic (exact) mass is 303 g/mol. The minimum atomic E-state index is -0.477. The smallest absolute Gasteiger partial charge is 0.149 e. The first-order valence-electron chi connectivity index (χ1n) is 5.78. The number of rotatable bonds is 4. The SMILES string of the molecule is CC1CC1CN(C)c1c(F)cc(CBr)cc1F. The van der Waals surface area contributed by atoms with E-state index < -0.39 is 11.6 Å². The minimum absolute atomic E-state index is 0.0915. The summed E-state index contributed by atoms with van der Waals surface area (Å²) >= 11 is 3.20. The van der Waals surface area contributed by atoms with Crippen LogP contribution in [0.1, 0.15) is 18.9 Å². The summed E-state index contributed by atoms with van der Waals surface area (Å²) in [6.07, 6.45) is 1.16. The molecule has 0 aliphatic heterocycles. The predicted molar refractivity (Wildman–Crippen MR) is 69.5 cm³/mol. The Hall–Kier alpha value is -0.640. The van der Waals surface area contributed by atoms with Crippen LogP contribution in [0.2, 0.25) is 0 Å². The molecule has 0 heterocycles. The van der Waals surface area contributed by atoms with Crippen LogP contribution in [-0.2, 0) is 5.33 Å². The van der Waals surface area contributed by atoms with E-state index in [9.17, 15) is 8.78 Å². The fourth-order valence-electron chi connectivity index (χ4n) is 2.16. The Kier molecular flexibility index (Phi) is 3.71. The molecule has 0 amide bonds. The van der Waals surface area contributed by atoms with E-state index in [4.69, 9.17) is 0 Å². The highest BCUT2D eigenvalue weighted by atomic mass is 79.9. The van der Waals surface area contributed by atoms with Gasteiger partial charge in [-0.3, -0.25) is 0 Å². The van der Waals surface area contributed by atoms with Crippen LogP contribution >= 0.6 is 15.9 Å². The number of nitrogens with zero attached hydrogens (tertiary/aromatic N) is 1. The molecule has 0 saturated heterocycles. The molecule has 0 radical (unpaired) electrons. The summed E-state index contributed by atoms with van der Waals surface area (Å²) < 4.78 is 27.6.